The predicted molar refractivity (Wildman–Crippen MR) is 51.7 cm³/mol. The van der Waals surface area contributed by atoms with Gasteiger partial charge >= 0.3 is 0 Å². The SMILES string of the molecule is CC#Cc1ccccc1I. The second kappa shape index (κ2) is 3.62. The van der Waals surface area contributed by atoms with Gasteiger partial charge in [-0.1, -0.05) is 18.1 Å². The molecule has 50 valence electrons. The lowest BCUT2D eigenvalue weighted by Crippen LogP contribution is -1.77. The highest BCUT2D eigenvalue weighted by atomic mass is 127. The third kappa shape index (κ3) is 1.74. The van der Waals surface area contributed by atoms with E-state index in [0.717, 1.165) is 5.56 Å². The van der Waals surface area contributed by atoms with E-state index in [4.69, 9.17) is 0 Å². The van der Waals surface area contributed by atoms with Crippen LogP contribution in [-0.4, -0.2) is 0 Å². The van der Waals surface area contributed by atoms with Gasteiger partial charge < -0.3 is 0 Å². The number of halogens is 1. The van der Waals surface area contributed by atoms with Gasteiger partial charge in [0.15, 0.2) is 0 Å². The third-order valence-corrected chi connectivity index (χ3v) is 2.07. The molecule has 0 nitrogen and oxygen atoms in total. The molecule has 0 saturated carbocycles. The summed E-state index contributed by atoms with van der Waals surface area (Å²) in [5.41, 5.74) is 1.12. The maximum absolute atomic E-state index is 3.02. The zero-order valence-corrected chi connectivity index (χ0v) is 7.84. The molecule has 0 aliphatic rings. The Balaban J connectivity index is 3.11. The Labute approximate surface area is 74.8 Å². The molecule has 0 fully saturated rings. The van der Waals surface area contributed by atoms with Crippen LogP contribution in [0.3, 0.4) is 0 Å². The minimum Gasteiger partial charge on any atom is -0.101 e. The Bertz CT molecular complexity index is 278. The van der Waals surface area contributed by atoms with E-state index in [9.17, 15) is 0 Å². The summed E-state index contributed by atoms with van der Waals surface area (Å²) in [6.07, 6.45) is 0. The fraction of sp³-hybridized carbons (Fsp3) is 0.111. The smallest absolute Gasteiger partial charge is 0.0378 e. The van der Waals surface area contributed by atoms with Gasteiger partial charge in [-0.3, -0.25) is 0 Å². The highest BCUT2D eigenvalue weighted by Crippen LogP contribution is 2.09. The van der Waals surface area contributed by atoms with Crippen LogP contribution in [0.15, 0.2) is 24.3 Å². The van der Waals surface area contributed by atoms with Gasteiger partial charge in [0.25, 0.3) is 0 Å². The Kier molecular flexibility index (Phi) is 2.76. The van der Waals surface area contributed by atoms with Gasteiger partial charge in [-0.15, -0.1) is 5.92 Å². The van der Waals surface area contributed by atoms with E-state index in [1.54, 1.807) is 0 Å². The van der Waals surface area contributed by atoms with Crippen LogP contribution in [0.25, 0.3) is 0 Å². The molecule has 1 rings (SSSR count). The van der Waals surface area contributed by atoms with Crippen molar-refractivity contribution in [3.63, 3.8) is 0 Å². The molecule has 0 unspecified atom stereocenters. The average Bonchev–Trinajstić information content (AvgIpc) is 1.94. The van der Waals surface area contributed by atoms with E-state index in [1.807, 2.05) is 25.1 Å². The summed E-state index contributed by atoms with van der Waals surface area (Å²) in [5.74, 6) is 5.89. The van der Waals surface area contributed by atoms with Crippen LogP contribution in [0.1, 0.15) is 12.5 Å². The number of hydrogen-bond donors (Lipinski definition) is 0. The monoisotopic (exact) mass is 242 g/mol. The summed E-state index contributed by atoms with van der Waals surface area (Å²) < 4.78 is 1.22. The molecule has 0 aliphatic heterocycles. The van der Waals surface area contributed by atoms with Crippen LogP contribution in [0.2, 0.25) is 0 Å². The molecule has 0 aromatic heterocycles. The molecule has 0 heterocycles. The van der Waals surface area contributed by atoms with Crippen LogP contribution in [0, 0.1) is 15.4 Å². The fourth-order valence-corrected chi connectivity index (χ4v) is 1.22. The molecule has 0 radical (unpaired) electrons. The first-order chi connectivity index (χ1) is 4.84. The van der Waals surface area contributed by atoms with E-state index in [0.29, 0.717) is 0 Å². The van der Waals surface area contributed by atoms with Crippen molar-refractivity contribution in [3.8, 4) is 11.8 Å². The lowest BCUT2D eigenvalue weighted by molar-refractivity contribution is 1.58. The Hall–Kier alpha value is -0.490. The summed E-state index contributed by atoms with van der Waals surface area (Å²) in [4.78, 5) is 0. The summed E-state index contributed by atoms with van der Waals surface area (Å²) in [6, 6.07) is 8.10. The van der Waals surface area contributed by atoms with E-state index in [2.05, 4.69) is 40.5 Å². The van der Waals surface area contributed by atoms with Gasteiger partial charge in [0, 0.05) is 9.13 Å². The topological polar surface area (TPSA) is 0 Å². The molecule has 10 heavy (non-hydrogen) atoms. The molecule has 0 N–H and O–H groups in total. The quantitative estimate of drug-likeness (QED) is 0.484. The van der Waals surface area contributed by atoms with Crippen molar-refractivity contribution in [1.82, 2.24) is 0 Å². The number of benzene rings is 1. The third-order valence-electron chi connectivity index (χ3n) is 1.13. The first kappa shape index (κ1) is 7.62. The van der Waals surface area contributed by atoms with Crippen molar-refractivity contribution >= 4 is 22.6 Å². The van der Waals surface area contributed by atoms with Crippen molar-refractivity contribution in [1.29, 1.82) is 0 Å². The zero-order valence-electron chi connectivity index (χ0n) is 5.69. The van der Waals surface area contributed by atoms with Crippen LogP contribution in [0.5, 0.6) is 0 Å². The molecule has 1 heteroatoms. The average molecular weight is 242 g/mol. The highest BCUT2D eigenvalue weighted by molar-refractivity contribution is 14.1. The van der Waals surface area contributed by atoms with E-state index >= 15 is 0 Å². The van der Waals surface area contributed by atoms with E-state index in [-0.39, 0.29) is 0 Å². The molecular weight excluding hydrogens is 235 g/mol. The summed E-state index contributed by atoms with van der Waals surface area (Å²) in [7, 11) is 0. The first-order valence-electron chi connectivity index (χ1n) is 3.02. The van der Waals surface area contributed by atoms with Crippen molar-refractivity contribution in [2.24, 2.45) is 0 Å². The van der Waals surface area contributed by atoms with Crippen molar-refractivity contribution in [2.75, 3.05) is 0 Å². The van der Waals surface area contributed by atoms with Crippen molar-refractivity contribution < 1.29 is 0 Å². The molecular formula is C9H7I. The summed E-state index contributed by atoms with van der Waals surface area (Å²) in [5, 5.41) is 0. The maximum Gasteiger partial charge on any atom is 0.0378 e. The summed E-state index contributed by atoms with van der Waals surface area (Å²) in [6.45, 7) is 1.85. The molecule has 0 atom stereocenters. The minimum atomic E-state index is 1.12. The Morgan fingerprint density at radius 1 is 1.30 bits per heavy atom. The second-order valence-corrected chi connectivity index (χ2v) is 3.02. The van der Waals surface area contributed by atoms with Gasteiger partial charge in [0.05, 0.1) is 0 Å². The summed E-state index contributed by atoms with van der Waals surface area (Å²) >= 11 is 2.28. The van der Waals surface area contributed by atoms with Gasteiger partial charge in [0.2, 0.25) is 0 Å². The zero-order chi connectivity index (χ0) is 7.40. The van der Waals surface area contributed by atoms with Crippen LogP contribution < -0.4 is 0 Å². The predicted octanol–water partition coefficient (Wildman–Crippen LogP) is 2.66. The van der Waals surface area contributed by atoms with Crippen molar-refractivity contribution in [3.05, 3.63) is 33.4 Å². The van der Waals surface area contributed by atoms with Crippen LogP contribution in [0.4, 0.5) is 0 Å². The standard InChI is InChI=1S/C9H7I/c1-2-5-8-6-3-4-7-9(8)10/h3-4,6-7H,1H3. The van der Waals surface area contributed by atoms with Gasteiger partial charge in [-0.05, 0) is 41.6 Å². The van der Waals surface area contributed by atoms with Gasteiger partial charge in [0.1, 0.15) is 0 Å². The van der Waals surface area contributed by atoms with E-state index in [1.165, 1.54) is 3.57 Å². The second-order valence-electron chi connectivity index (χ2n) is 1.85. The lowest BCUT2D eigenvalue weighted by Gasteiger charge is -1.91. The number of hydrogen-bond acceptors (Lipinski definition) is 0. The van der Waals surface area contributed by atoms with Crippen LogP contribution >= 0.6 is 22.6 Å². The van der Waals surface area contributed by atoms with Gasteiger partial charge in [-0.2, -0.15) is 0 Å². The van der Waals surface area contributed by atoms with Crippen LogP contribution in [-0.2, 0) is 0 Å². The highest BCUT2D eigenvalue weighted by Gasteiger charge is 1.90. The molecule has 1 aromatic carbocycles. The molecule has 0 spiro atoms. The van der Waals surface area contributed by atoms with E-state index < -0.39 is 0 Å². The largest absolute Gasteiger partial charge is 0.101 e. The molecule has 0 saturated heterocycles. The Morgan fingerprint density at radius 3 is 2.60 bits per heavy atom. The van der Waals surface area contributed by atoms with Crippen molar-refractivity contribution in [2.45, 2.75) is 6.92 Å². The minimum absolute atomic E-state index is 1.12. The molecule has 0 bridgehead atoms. The molecule has 0 amide bonds. The van der Waals surface area contributed by atoms with Gasteiger partial charge in [-0.25, -0.2) is 0 Å². The normalized spacial score (nSPS) is 8.20. The fourth-order valence-electron chi connectivity index (χ4n) is 0.697. The molecule has 0 aliphatic carbocycles. The Morgan fingerprint density at radius 2 is 2.00 bits per heavy atom. The first-order valence-corrected chi connectivity index (χ1v) is 4.10. The number of rotatable bonds is 0. The maximum atomic E-state index is 3.02. The molecule has 1 aromatic rings. The lowest BCUT2D eigenvalue weighted by atomic mass is 10.2.